The molecule has 0 saturated carbocycles. The van der Waals surface area contributed by atoms with Crippen molar-refractivity contribution in [3.63, 3.8) is 0 Å². The monoisotopic (exact) mass is 352 g/mol. The second-order valence-electron chi connectivity index (χ2n) is 5.35. The standard InChI is InChI=1S/C20H17ClN2O2/c21-17-7-9-18(10-8-17)25-14-13-22-19(24)11-6-16-4-1-3-15-5-2-12-23-20(15)16/h1-12H,13-14H2,(H,22,24)/b11-6+. The molecule has 126 valence electrons. The van der Waals surface area contributed by atoms with Crippen molar-refractivity contribution in [1.82, 2.24) is 10.3 Å². The van der Waals surface area contributed by atoms with E-state index in [0.29, 0.717) is 18.2 Å². The van der Waals surface area contributed by atoms with Gasteiger partial charge in [-0.3, -0.25) is 9.78 Å². The quantitative estimate of drug-likeness (QED) is 0.537. The number of para-hydroxylation sites is 1. The van der Waals surface area contributed by atoms with Crippen molar-refractivity contribution in [3.05, 3.63) is 77.5 Å². The molecule has 1 amide bonds. The topological polar surface area (TPSA) is 51.2 Å². The molecular formula is C20H17ClN2O2. The number of carbonyl (C=O) groups excluding carboxylic acids is 1. The minimum atomic E-state index is -0.173. The maximum Gasteiger partial charge on any atom is 0.244 e. The molecule has 1 N–H and O–H groups in total. The summed E-state index contributed by atoms with van der Waals surface area (Å²) in [4.78, 5) is 16.3. The van der Waals surface area contributed by atoms with Crippen molar-refractivity contribution in [2.24, 2.45) is 0 Å². The van der Waals surface area contributed by atoms with E-state index in [2.05, 4.69) is 10.3 Å². The SMILES string of the molecule is O=C(/C=C/c1cccc2cccnc12)NCCOc1ccc(Cl)cc1. The average Bonchev–Trinajstić information content (AvgIpc) is 2.65. The molecule has 0 unspecified atom stereocenters. The molecule has 0 saturated heterocycles. The van der Waals surface area contributed by atoms with Crippen LogP contribution in [0.25, 0.3) is 17.0 Å². The molecule has 0 bridgehead atoms. The number of amides is 1. The van der Waals surface area contributed by atoms with Crippen LogP contribution in [0.4, 0.5) is 0 Å². The molecule has 0 radical (unpaired) electrons. The van der Waals surface area contributed by atoms with Gasteiger partial charge in [0.25, 0.3) is 0 Å². The van der Waals surface area contributed by atoms with E-state index in [4.69, 9.17) is 16.3 Å². The Labute approximate surface area is 151 Å². The Morgan fingerprint density at radius 1 is 1.12 bits per heavy atom. The summed E-state index contributed by atoms with van der Waals surface area (Å²) in [6.45, 7) is 0.802. The second-order valence-corrected chi connectivity index (χ2v) is 5.79. The van der Waals surface area contributed by atoms with Gasteiger partial charge in [-0.2, -0.15) is 0 Å². The number of nitrogens with one attached hydrogen (secondary N) is 1. The molecular weight excluding hydrogens is 336 g/mol. The summed E-state index contributed by atoms with van der Waals surface area (Å²) in [7, 11) is 0. The highest BCUT2D eigenvalue weighted by atomic mass is 35.5. The van der Waals surface area contributed by atoms with Gasteiger partial charge in [-0.05, 0) is 36.4 Å². The summed E-state index contributed by atoms with van der Waals surface area (Å²) >= 11 is 5.81. The third-order valence-electron chi connectivity index (χ3n) is 3.56. The fourth-order valence-corrected chi connectivity index (χ4v) is 2.49. The fraction of sp³-hybridized carbons (Fsp3) is 0.100. The number of pyridine rings is 1. The predicted octanol–water partition coefficient (Wildman–Crippen LogP) is 4.10. The lowest BCUT2D eigenvalue weighted by molar-refractivity contribution is -0.116. The molecule has 5 heteroatoms. The molecule has 4 nitrogen and oxygen atoms in total. The number of ether oxygens (including phenoxy) is 1. The number of hydrogen-bond donors (Lipinski definition) is 1. The van der Waals surface area contributed by atoms with Crippen molar-refractivity contribution < 1.29 is 9.53 Å². The Bertz CT molecular complexity index is 886. The number of benzene rings is 2. The fourth-order valence-electron chi connectivity index (χ4n) is 2.36. The van der Waals surface area contributed by atoms with E-state index in [0.717, 1.165) is 22.2 Å². The number of nitrogens with zero attached hydrogens (tertiary/aromatic N) is 1. The first kappa shape index (κ1) is 17.0. The van der Waals surface area contributed by atoms with Gasteiger partial charge in [0.05, 0.1) is 12.1 Å². The van der Waals surface area contributed by atoms with Gasteiger partial charge >= 0.3 is 0 Å². The number of rotatable bonds is 6. The van der Waals surface area contributed by atoms with E-state index in [9.17, 15) is 4.79 Å². The maximum atomic E-state index is 11.9. The van der Waals surface area contributed by atoms with Gasteiger partial charge in [-0.15, -0.1) is 0 Å². The van der Waals surface area contributed by atoms with E-state index in [1.165, 1.54) is 6.08 Å². The van der Waals surface area contributed by atoms with Gasteiger partial charge in [0.2, 0.25) is 5.91 Å². The third-order valence-corrected chi connectivity index (χ3v) is 3.81. The zero-order chi connectivity index (χ0) is 17.5. The molecule has 0 spiro atoms. The molecule has 0 aliphatic heterocycles. The lowest BCUT2D eigenvalue weighted by Crippen LogP contribution is -2.26. The average molecular weight is 353 g/mol. The summed E-state index contributed by atoms with van der Waals surface area (Å²) in [5, 5.41) is 4.49. The molecule has 1 aromatic heterocycles. The lowest BCUT2D eigenvalue weighted by Gasteiger charge is -2.06. The lowest BCUT2D eigenvalue weighted by atomic mass is 10.1. The maximum absolute atomic E-state index is 11.9. The first-order valence-electron chi connectivity index (χ1n) is 7.90. The molecule has 0 aliphatic carbocycles. The molecule has 1 heterocycles. The zero-order valence-corrected chi connectivity index (χ0v) is 14.2. The number of carbonyl (C=O) groups is 1. The van der Waals surface area contributed by atoms with Crippen LogP contribution in [-0.2, 0) is 4.79 Å². The van der Waals surface area contributed by atoms with Crippen LogP contribution < -0.4 is 10.1 Å². The smallest absolute Gasteiger partial charge is 0.244 e. The van der Waals surface area contributed by atoms with Crippen molar-refractivity contribution in [3.8, 4) is 5.75 Å². The summed E-state index contributed by atoms with van der Waals surface area (Å²) < 4.78 is 5.52. The van der Waals surface area contributed by atoms with Crippen LogP contribution in [0.3, 0.4) is 0 Å². The van der Waals surface area contributed by atoms with Crippen LogP contribution in [-0.4, -0.2) is 24.0 Å². The highest BCUT2D eigenvalue weighted by Crippen LogP contribution is 2.17. The molecule has 25 heavy (non-hydrogen) atoms. The molecule has 0 aliphatic rings. The Balaban J connectivity index is 1.50. The van der Waals surface area contributed by atoms with Gasteiger partial charge in [0, 0.05) is 28.2 Å². The molecule has 3 aromatic rings. The summed E-state index contributed by atoms with van der Waals surface area (Å²) in [5.74, 6) is 0.545. The van der Waals surface area contributed by atoms with Crippen molar-refractivity contribution in [1.29, 1.82) is 0 Å². The molecule has 2 aromatic carbocycles. The van der Waals surface area contributed by atoms with Gasteiger partial charge in [0.15, 0.2) is 0 Å². The highest BCUT2D eigenvalue weighted by Gasteiger charge is 2.00. The predicted molar refractivity (Wildman–Crippen MR) is 101 cm³/mol. The van der Waals surface area contributed by atoms with Crippen LogP contribution in [0.2, 0.25) is 5.02 Å². The number of halogens is 1. The second kappa shape index (κ2) is 8.31. The van der Waals surface area contributed by atoms with Crippen molar-refractivity contribution in [2.45, 2.75) is 0 Å². The van der Waals surface area contributed by atoms with Crippen molar-refractivity contribution >= 4 is 34.5 Å². The Morgan fingerprint density at radius 3 is 2.76 bits per heavy atom. The molecule has 0 fully saturated rings. The number of aromatic nitrogens is 1. The Morgan fingerprint density at radius 2 is 1.92 bits per heavy atom. The van der Waals surface area contributed by atoms with E-state index in [1.54, 1.807) is 36.5 Å². The first-order valence-corrected chi connectivity index (χ1v) is 8.28. The summed E-state index contributed by atoms with van der Waals surface area (Å²) in [6.07, 6.45) is 5.02. The van der Waals surface area contributed by atoms with Gasteiger partial charge < -0.3 is 10.1 Å². The molecule has 0 atom stereocenters. The summed E-state index contributed by atoms with van der Waals surface area (Å²) in [6, 6.07) is 16.9. The van der Waals surface area contributed by atoms with Gasteiger partial charge in [-0.1, -0.05) is 35.9 Å². The van der Waals surface area contributed by atoms with Crippen LogP contribution in [0.1, 0.15) is 5.56 Å². The number of hydrogen-bond acceptors (Lipinski definition) is 3. The third kappa shape index (κ3) is 4.81. The van der Waals surface area contributed by atoms with E-state index >= 15 is 0 Å². The molecule has 3 rings (SSSR count). The normalized spacial score (nSPS) is 10.9. The zero-order valence-electron chi connectivity index (χ0n) is 13.5. The van der Waals surface area contributed by atoms with Gasteiger partial charge in [0.1, 0.15) is 12.4 Å². The van der Waals surface area contributed by atoms with Crippen LogP contribution in [0, 0.1) is 0 Å². The Hall–Kier alpha value is -2.85. The summed E-state index contributed by atoms with van der Waals surface area (Å²) in [5.41, 5.74) is 1.78. The van der Waals surface area contributed by atoms with Crippen LogP contribution >= 0.6 is 11.6 Å². The van der Waals surface area contributed by atoms with Crippen LogP contribution in [0.5, 0.6) is 5.75 Å². The van der Waals surface area contributed by atoms with E-state index in [-0.39, 0.29) is 5.91 Å². The highest BCUT2D eigenvalue weighted by molar-refractivity contribution is 6.30. The van der Waals surface area contributed by atoms with Crippen LogP contribution in [0.15, 0.2) is 66.9 Å². The van der Waals surface area contributed by atoms with E-state index in [1.807, 2.05) is 30.3 Å². The first-order chi connectivity index (χ1) is 12.2. The van der Waals surface area contributed by atoms with Crippen molar-refractivity contribution in [2.75, 3.05) is 13.2 Å². The minimum Gasteiger partial charge on any atom is -0.492 e. The minimum absolute atomic E-state index is 0.173. The Kier molecular flexibility index (Phi) is 5.65. The largest absolute Gasteiger partial charge is 0.492 e. The van der Waals surface area contributed by atoms with E-state index < -0.39 is 0 Å². The van der Waals surface area contributed by atoms with Gasteiger partial charge in [-0.25, -0.2) is 0 Å². The number of fused-ring (bicyclic) bond motifs is 1.